The van der Waals surface area contributed by atoms with Crippen LogP contribution in [-0.4, -0.2) is 33.4 Å². The monoisotopic (exact) mass is 331 g/mol. The summed E-state index contributed by atoms with van der Waals surface area (Å²) in [6.07, 6.45) is -0.614. The molecule has 0 aliphatic heterocycles. The van der Waals surface area contributed by atoms with Crippen molar-refractivity contribution in [2.45, 2.75) is 57.3 Å². The Hall–Kier alpha value is -1.57. The molecule has 1 amide bonds. The molecule has 5 nitrogen and oxygen atoms in total. The van der Waals surface area contributed by atoms with Crippen molar-refractivity contribution >= 4 is 5.91 Å². The van der Waals surface area contributed by atoms with Crippen LogP contribution in [0.5, 0.6) is 0 Å². The molecule has 0 spiro atoms. The predicted molar refractivity (Wildman–Crippen MR) is 75.6 cm³/mol. The van der Waals surface area contributed by atoms with Crippen LogP contribution in [0.25, 0.3) is 0 Å². The van der Waals surface area contributed by atoms with Crippen LogP contribution in [0.2, 0.25) is 0 Å². The van der Waals surface area contributed by atoms with Crippen LogP contribution in [-0.2, 0) is 30.4 Å². The molecule has 0 saturated heterocycles. The third-order valence-corrected chi connectivity index (χ3v) is 4.68. The van der Waals surface area contributed by atoms with Crippen LogP contribution in [0.3, 0.4) is 0 Å². The molecule has 1 fully saturated rings. The van der Waals surface area contributed by atoms with Crippen LogP contribution in [0, 0.1) is 5.92 Å². The van der Waals surface area contributed by atoms with Crippen molar-refractivity contribution in [1.29, 1.82) is 0 Å². The Bertz CT molecular complexity index is 592. The lowest BCUT2D eigenvalue weighted by atomic mass is 9.81. The molecule has 1 aromatic heterocycles. The van der Waals surface area contributed by atoms with E-state index in [0.29, 0.717) is 31.4 Å². The summed E-state index contributed by atoms with van der Waals surface area (Å²) >= 11 is 0. The van der Waals surface area contributed by atoms with Gasteiger partial charge in [0.1, 0.15) is 6.54 Å². The Morgan fingerprint density at radius 1 is 1.30 bits per heavy atom. The van der Waals surface area contributed by atoms with Crippen molar-refractivity contribution in [3.05, 3.63) is 17.0 Å². The lowest BCUT2D eigenvalue weighted by Crippen LogP contribution is -2.46. The number of halogens is 3. The zero-order valence-corrected chi connectivity index (χ0v) is 12.7. The number of nitrogens with zero attached hydrogens (tertiary/aromatic N) is 2. The van der Waals surface area contributed by atoms with Crippen molar-refractivity contribution in [3.8, 4) is 0 Å². The van der Waals surface area contributed by atoms with Gasteiger partial charge in [-0.3, -0.25) is 9.48 Å². The van der Waals surface area contributed by atoms with E-state index in [1.807, 2.05) is 0 Å². The van der Waals surface area contributed by atoms with Gasteiger partial charge in [-0.1, -0.05) is 0 Å². The summed E-state index contributed by atoms with van der Waals surface area (Å²) in [6, 6.07) is 0.00752. The number of hydrogen-bond donors (Lipinski definition) is 2. The van der Waals surface area contributed by atoms with Crippen LogP contribution in [0.15, 0.2) is 0 Å². The number of carbonyl (C=O) groups is 1. The van der Waals surface area contributed by atoms with E-state index in [9.17, 15) is 18.0 Å². The largest absolute Gasteiger partial charge is 0.435 e. The van der Waals surface area contributed by atoms with Gasteiger partial charge in [0.15, 0.2) is 5.69 Å². The minimum absolute atomic E-state index is 0.00752. The molecule has 0 bridgehead atoms. The highest BCUT2D eigenvalue weighted by Crippen LogP contribution is 2.35. The van der Waals surface area contributed by atoms with Crippen LogP contribution < -0.4 is 5.32 Å². The molecule has 2 aliphatic carbocycles. The van der Waals surface area contributed by atoms with Gasteiger partial charge >= 0.3 is 6.18 Å². The normalized spacial score (nSPS) is 24.0. The van der Waals surface area contributed by atoms with Gasteiger partial charge in [0.2, 0.25) is 5.91 Å². The third-order valence-electron chi connectivity index (χ3n) is 4.68. The maximum atomic E-state index is 13.1. The number of alkyl halides is 3. The topological polar surface area (TPSA) is 67.2 Å². The molecule has 0 atom stereocenters. The summed E-state index contributed by atoms with van der Waals surface area (Å²) in [5.41, 5.74) is -0.0508. The summed E-state index contributed by atoms with van der Waals surface area (Å²) in [5, 5.41) is 15.4. The Kier molecular flexibility index (Phi) is 4.35. The summed E-state index contributed by atoms with van der Waals surface area (Å²) in [7, 11) is 0. The molecule has 0 radical (unpaired) electrons. The second kappa shape index (κ2) is 6.14. The fourth-order valence-corrected chi connectivity index (χ4v) is 3.44. The lowest BCUT2D eigenvalue weighted by Gasteiger charge is -2.34. The number of aliphatic hydroxyl groups excluding tert-OH is 1. The van der Waals surface area contributed by atoms with Crippen molar-refractivity contribution < 1.29 is 23.1 Å². The second-order valence-electron chi connectivity index (χ2n) is 6.42. The van der Waals surface area contributed by atoms with Crippen LogP contribution >= 0.6 is 0 Å². The van der Waals surface area contributed by atoms with Gasteiger partial charge in [0, 0.05) is 23.9 Å². The predicted octanol–water partition coefficient (Wildman–Crippen LogP) is 1.67. The molecule has 1 aromatic rings. The molecule has 2 aliphatic rings. The Morgan fingerprint density at radius 3 is 2.65 bits per heavy atom. The van der Waals surface area contributed by atoms with Crippen molar-refractivity contribution in [1.82, 2.24) is 15.1 Å². The fourth-order valence-electron chi connectivity index (χ4n) is 3.44. The molecule has 3 rings (SSSR count). The first-order valence-electron chi connectivity index (χ1n) is 7.94. The maximum absolute atomic E-state index is 13.1. The summed E-state index contributed by atoms with van der Waals surface area (Å²) < 4.78 is 40.5. The molecule has 1 saturated carbocycles. The number of amides is 1. The number of aromatic nitrogens is 2. The highest BCUT2D eigenvalue weighted by molar-refractivity contribution is 5.76. The van der Waals surface area contributed by atoms with Crippen molar-refractivity contribution in [2.75, 3.05) is 6.61 Å². The zero-order chi connectivity index (χ0) is 16.6. The average molecular weight is 331 g/mol. The van der Waals surface area contributed by atoms with Gasteiger partial charge in [0.25, 0.3) is 0 Å². The number of aliphatic hydroxyl groups is 1. The first kappa shape index (κ1) is 16.3. The SMILES string of the molecule is O=C(Cn1nc(C(F)(F)F)c2c1CCCC2)NC1CC(CO)C1. The van der Waals surface area contributed by atoms with E-state index in [1.165, 1.54) is 4.68 Å². The standard InChI is InChI=1S/C15H20F3N3O2/c16-15(17,18)14-11-3-1-2-4-12(11)21(20-14)7-13(23)19-10-5-9(6-10)8-22/h9-10,22H,1-8H2,(H,19,23). The zero-order valence-electron chi connectivity index (χ0n) is 12.7. The molecule has 0 aromatic carbocycles. The summed E-state index contributed by atoms with van der Waals surface area (Å²) in [6.45, 7) is -0.0767. The quantitative estimate of drug-likeness (QED) is 0.882. The van der Waals surface area contributed by atoms with Gasteiger partial charge < -0.3 is 10.4 Å². The van der Waals surface area contributed by atoms with E-state index in [4.69, 9.17) is 5.11 Å². The van der Waals surface area contributed by atoms with Gasteiger partial charge in [-0.25, -0.2) is 0 Å². The van der Waals surface area contributed by atoms with E-state index < -0.39 is 11.9 Å². The van der Waals surface area contributed by atoms with E-state index in [1.54, 1.807) is 0 Å². The number of carbonyl (C=O) groups excluding carboxylic acids is 1. The molecule has 1 heterocycles. The summed E-state index contributed by atoms with van der Waals surface area (Å²) in [4.78, 5) is 12.0. The minimum Gasteiger partial charge on any atom is -0.396 e. The van der Waals surface area contributed by atoms with Gasteiger partial charge in [0.05, 0.1) is 0 Å². The van der Waals surface area contributed by atoms with Crippen LogP contribution in [0.1, 0.15) is 42.6 Å². The molecular weight excluding hydrogens is 311 g/mol. The van der Waals surface area contributed by atoms with E-state index in [-0.39, 0.29) is 36.6 Å². The smallest absolute Gasteiger partial charge is 0.396 e. The summed E-state index contributed by atoms with van der Waals surface area (Å²) in [5.74, 6) is -0.106. The molecule has 0 unspecified atom stereocenters. The minimum atomic E-state index is -4.48. The Balaban J connectivity index is 1.70. The highest BCUT2D eigenvalue weighted by atomic mass is 19.4. The number of nitrogens with one attached hydrogen (secondary N) is 1. The fraction of sp³-hybridized carbons (Fsp3) is 0.733. The Morgan fingerprint density at radius 2 is 2.00 bits per heavy atom. The number of hydrogen-bond acceptors (Lipinski definition) is 3. The van der Waals surface area contributed by atoms with Gasteiger partial charge in [-0.15, -0.1) is 0 Å². The average Bonchev–Trinajstić information content (AvgIpc) is 2.81. The van der Waals surface area contributed by atoms with Gasteiger partial charge in [-0.05, 0) is 44.4 Å². The lowest BCUT2D eigenvalue weighted by molar-refractivity contribution is -0.142. The van der Waals surface area contributed by atoms with E-state index in [2.05, 4.69) is 10.4 Å². The third kappa shape index (κ3) is 3.36. The van der Waals surface area contributed by atoms with Crippen molar-refractivity contribution in [3.63, 3.8) is 0 Å². The van der Waals surface area contributed by atoms with E-state index >= 15 is 0 Å². The maximum Gasteiger partial charge on any atom is 0.435 e. The second-order valence-corrected chi connectivity index (χ2v) is 6.42. The van der Waals surface area contributed by atoms with Gasteiger partial charge in [-0.2, -0.15) is 18.3 Å². The molecule has 23 heavy (non-hydrogen) atoms. The highest BCUT2D eigenvalue weighted by Gasteiger charge is 2.39. The molecular formula is C15H20F3N3O2. The first-order chi connectivity index (χ1) is 10.9. The Labute approximate surface area is 131 Å². The van der Waals surface area contributed by atoms with Crippen molar-refractivity contribution in [2.24, 2.45) is 5.92 Å². The molecule has 8 heteroatoms. The van der Waals surface area contributed by atoms with Crippen LogP contribution in [0.4, 0.5) is 13.2 Å². The molecule has 2 N–H and O–H groups in total. The number of fused-ring (bicyclic) bond motifs is 1. The number of rotatable bonds is 4. The van der Waals surface area contributed by atoms with E-state index in [0.717, 1.165) is 12.8 Å². The first-order valence-corrected chi connectivity index (χ1v) is 7.94. The molecule has 128 valence electrons.